The molecular formula is C24H32ClN3O4S. The average molecular weight is 494 g/mol. The molecule has 3 heterocycles. The SMILES string of the molecule is CC[C@H](C)[C@H](CO)N1C(=O)[C@@H]2[C@H](C(=O)NC)[C@@H]3CC(C)C2(S3)C1C(=O)Nc1ccc(Cl)cc1. The molecule has 2 bridgehead atoms. The van der Waals surface area contributed by atoms with Crippen LogP contribution in [-0.2, 0) is 14.4 Å². The lowest BCUT2D eigenvalue weighted by molar-refractivity contribution is -0.143. The third kappa shape index (κ3) is 3.65. The number of nitrogens with one attached hydrogen (secondary N) is 2. The summed E-state index contributed by atoms with van der Waals surface area (Å²) in [6, 6.07) is 5.57. The van der Waals surface area contributed by atoms with Gasteiger partial charge in [-0.2, -0.15) is 0 Å². The number of benzene rings is 1. The normalized spacial score (nSPS) is 34.2. The zero-order valence-electron chi connectivity index (χ0n) is 19.4. The van der Waals surface area contributed by atoms with Gasteiger partial charge in [0.25, 0.3) is 0 Å². The van der Waals surface area contributed by atoms with Crippen LogP contribution in [0.5, 0.6) is 0 Å². The maximum absolute atomic E-state index is 14.0. The van der Waals surface area contributed by atoms with Gasteiger partial charge in [-0.3, -0.25) is 14.4 Å². The van der Waals surface area contributed by atoms with Crippen LogP contribution in [0.15, 0.2) is 24.3 Å². The molecule has 3 unspecified atom stereocenters. The van der Waals surface area contributed by atoms with Crippen molar-refractivity contribution in [1.82, 2.24) is 10.2 Å². The summed E-state index contributed by atoms with van der Waals surface area (Å²) in [4.78, 5) is 42.4. The van der Waals surface area contributed by atoms with Crippen molar-refractivity contribution in [2.45, 2.75) is 55.7 Å². The number of carbonyl (C=O) groups excluding carboxylic acids is 3. The standard InChI is InChI=1S/C24H32ClN3O4S/c1-5-12(2)16(11-29)28-20(22(31)27-15-8-6-14(25)7-9-15)24-13(3)10-17(33-24)18(21(30)26-4)19(24)23(28)32/h6-9,12-13,16-20,29H,5,10-11H2,1-4H3,(H,26,30)(H,27,31)/t12-,13?,16-,17-,18+,19-,20?,24?/m0/s1. The van der Waals surface area contributed by atoms with Crippen LogP contribution in [0, 0.1) is 23.7 Å². The lowest BCUT2D eigenvalue weighted by Gasteiger charge is -2.41. The van der Waals surface area contributed by atoms with Gasteiger partial charge in [0.15, 0.2) is 0 Å². The predicted molar refractivity (Wildman–Crippen MR) is 130 cm³/mol. The highest BCUT2D eigenvalue weighted by Gasteiger charge is 2.76. The van der Waals surface area contributed by atoms with Gasteiger partial charge in [0.05, 0.1) is 29.2 Å². The first-order chi connectivity index (χ1) is 15.7. The van der Waals surface area contributed by atoms with Crippen LogP contribution in [0.25, 0.3) is 0 Å². The molecule has 3 aliphatic heterocycles. The van der Waals surface area contributed by atoms with E-state index in [-0.39, 0.29) is 41.4 Å². The van der Waals surface area contributed by atoms with E-state index in [0.717, 1.165) is 12.8 Å². The molecule has 3 fully saturated rings. The van der Waals surface area contributed by atoms with Crippen molar-refractivity contribution in [3.8, 4) is 0 Å². The second-order valence-corrected chi connectivity index (χ2v) is 11.5. The van der Waals surface area contributed by atoms with Crippen molar-refractivity contribution < 1.29 is 19.5 Å². The van der Waals surface area contributed by atoms with Crippen LogP contribution in [0.1, 0.15) is 33.6 Å². The molecule has 4 rings (SSSR count). The Hall–Kier alpha value is -1.77. The second-order valence-electron chi connectivity index (χ2n) is 9.54. The molecule has 1 aromatic rings. The molecule has 8 atom stereocenters. The molecule has 0 saturated carbocycles. The topological polar surface area (TPSA) is 98.7 Å². The third-order valence-corrected chi connectivity index (χ3v) is 10.3. The summed E-state index contributed by atoms with van der Waals surface area (Å²) in [5.74, 6) is -1.62. The minimum atomic E-state index is -0.781. The number of aliphatic hydroxyl groups is 1. The maximum Gasteiger partial charge on any atom is 0.248 e. The summed E-state index contributed by atoms with van der Waals surface area (Å²) < 4.78 is -0.712. The summed E-state index contributed by atoms with van der Waals surface area (Å²) >= 11 is 7.62. The van der Waals surface area contributed by atoms with Gasteiger partial charge >= 0.3 is 0 Å². The van der Waals surface area contributed by atoms with E-state index in [2.05, 4.69) is 17.6 Å². The van der Waals surface area contributed by atoms with E-state index in [1.54, 1.807) is 48.0 Å². The zero-order chi connectivity index (χ0) is 24.1. The fraction of sp³-hybridized carbons (Fsp3) is 0.625. The predicted octanol–water partition coefficient (Wildman–Crippen LogP) is 2.77. The fourth-order valence-corrected chi connectivity index (χ4v) is 8.68. The van der Waals surface area contributed by atoms with Gasteiger partial charge in [-0.05, 0) is 42.5 Å². The maximum atomic E-state index is 14.0. The molecule has 33 heavy (non-hydrogen) atoms. The summed E-state index contributed by atoms with van der Waals surface area (Å²) in [6.45, 7) is 5.84. The van der Waals surface area contributed by atoms with Crippen molar-refractivity contribution in [3.05, 3.63) is 29.3 Å². The van der Waals surface area contributed by atoms with Gasteiger partial charge in [0.1, 0.15) is 6.04 Å². The molecule has 3 saturated heterocycles. The number of halogens is 1. The largest absolute Gasteiger partial charge is 0.394 e. The highest BCUT2D eigenvalue weighted by Crippen LogP contribution is 2.68. The van der Waals surface area contributed by atoms with Crippen molar-refractivity contribution in [1.29, 1.82) is 0 Å². The molecule has 0 aliphatic carbocycles. The molecule has 0 aromatic heterocycles. The number of hydrogen-bond donors (Lipinski definition) is 3. The van der Waals surface area contributed by atoms with E-state index in [1.165, 1.54) is 0 Å². The molecular weight excluding hydrogens is 462 g/mol. The zero-order valence-corrected chi connectivity index (χ0v) is 20.9. The van der Waals surface area contributed by atoms with Crippen LogP contribution >= 0.6 is 23.4 Å². The van der Waals surface area contributed by atoms with Crippen molar-refractivity contribution in [2.24, 2.45) is 23.7 Å². The quantitative estimate of drug-likeness (QED) is 0.542. The number of fused-ring (bicyclic) bond motifs is 1. The number of amides is 3. The highest BCUT2D eigenvalue weighted by molar-refractivity contribution is 8.02. The van der Waals surface area contributed by atoms with Gasteiger partial charge in [-0.15, -0.1) is 11.8 Å². The Kier molecular flexibility index (Phi) is 6.73. The number of likely N-dealkylation sites (tertiary alicyclic amines) is 1. The highest BCUT2D eigenvalue weighted by atomic mass is 35.5. The van der Waals surface area contributed by atoms with E-state index in [4.69, 9.17) is 11.6 Å². The second kappa shape index (κ2) is 9.12. The lowest BCUT2D eigenvalue weighted by Crippen LogP contribution is -2.58. The minimum Gasteiger partial charge on any atom is -0.394 e. The lowest BCUT2D eigenvalue weighted by atomic mass is 9.66. The fourth-order valence-electron chi connectivity index (χ4n) is 6.14. The Labute approximate surface area is 204 Å². The number of nitrogens with zero attached hydrogens (tertiary/aromatic N) is 1. The van der Waals surface area contributed by atoms with E-state index in [1.807, 2.05) is 13.8 Å². The molecule has 3 aliphatic rings. The smallest absolute Gasteiger partial charge is 0.248 e. The molecule has 9 heteroatoms. The number of hydrogen-bond acceptors (Lipinski definition) is 5. The van der Waals surface area contributed by atoms with Crippen LogP contribution < -0.4 is 10.6 Å². The van der Waals surface area contributed by atoms with Crippen LogP contribution in [0.2, 0.25) is 5.02 Å². The summed E-state index contributed by atoms with van der Waals surface area (Å²) in [5.41, 5.74) is 0.591. The van der Waals surface area contributed by atoms with Gasteiger partial charge in [-0.1, -0.05) is 38.8 Å². The van der Waals surface area contributed by atoms with E-state index in [0.29, 0.717) is 10.7 Å². The number of aliphatic hydroxyl groups excluding tert-OH is 1. The summed E-state index contributed by atoms with van der Waals surface area (Å²) in [7, 11) is 1.59. The Balaban J connectivity index is 1.80. The van der Waals surface area contributed by atoms with E-state index in [9.17, 15) is 19.5 Å². The van der Waals surface area contributed by atoms with Crippen molar-refractivity contribution in [3.63, 3.8) is 0 Å². The molecule has 3 N–H and O–H groups in total. The molecule has 1 aromatic carbocycles. The first-order valence-electron chi connectivity index (χ1n) is 11.6. The van der Waals surface area contributed by atoms with E-state index >= 15 is 0 Å². The van der Waals surface area contributed by atoms with Gasteiger partial charge < -0.3 is 20.6 Å². The molecule has 180 valence electrons. The Morgan fingerprint density at radius 2 is 1.97 bits per heavy atom. The number of thioether (sulfide) groups is 1. The number of rotatable bonds is 7. The molecule has 3 amide bonds. The number of anilines is 1. The van der Waals surface area contributed by atoms with Crippen molar-refractivity contribution in [2.75, 3.05) is 19.0 Å². The monoisotopic (exact) mass is 493 g/mol. The first kappa shape index (κ1) is 24.4. The van der Waals surface area contributed by atoms with Crippen LogP contribution in [0.3, 0.4) is 0 Å². The Bertz CT molecular complexity index is 944. The Morgan fingerprint density at radius 3 is 2.55 bits per heavy atom. The van der Waals surface area contributed by atoms with Crippen LogP contribution in [0.4, 0.5) is 5.69 Å². The van der Waals surface area contributed by atoms with Crippen LogP contribution in [-0.4, -0.2) is 63.5 Å². The Morgan fingerprint density at radius 1 is 1.30 bits per heavy atom. The van der Waals surface area contributed by atoms with E-state index < -0.39 is 28.7 Å². The van der Waals surface area contributed by atoms with Crippen molar-refractivity contribution >= 4 is 46.8 Å². The first-order valence-corrected chi connectivity index (χ1v) is 12.9. The molecule has 0 radical (unpaired) electrons. The van der Waals surface area contributed by atoms with Gasteiger partial charge in [0.2, 0.25) is 17.7 Å². The summed E-state index contributed by atoms with van der Waals surface area (Å²) in [5, 5.41) is 16.6. The van der Waals surface area contributed by atoms with Gasteiger partial charge in [-0.25, -0.2) is 0 Å². The molecule has 1 spiro atoms. The van der Waals surface area contributed by atoms with Gasteiger partial charge in [0, 0.05) is 23.0 Å². The minimum absolute atomic E-state index is 0.00180. The average Bonchev–Trinajstić information content (AvgIpc) is 3.39. The third-order valence-electron chi connectivity index (χ3n) is 7.94. The summed E-state index contributed by atoms with van der Waals surface area (Å²) in [6.07, 6.45) is 1.53. The number of carbonyl (C=O) groups is 3. The molecule has 7 nitrogen and oxygen atoms in total.